The van der Waals surface area contributed by atoms with Crippen LogP contribution in [0.3, 0.4) is 0 Å². The van der Waals surface area contributed by atoms with Crippen molar-refractivity contribution < 1.29 is 77.8 Å². The molecule has 6 aromatic rings. The van der Waals surface area contributed by atoms with Crippen molar-refractivity contribution in [1.29, 1.82) is 0 Å². The zero-order valence-electron chi connectivity index (χ0n) is 56.5. The van der Waals surface area contributed by atoms with E-state index in [2.05, 4.69) is 41.2 Å². The first-order valence-electron chi connectivity index (χ1n) is 33.3. The number of nitrogens with zero attached hydrogens (tertiary/aromatic N) is 7. The number of aromatic nitrogens is 6. The molecule has 5 N–H and O–H groups in total. The summed E-state index contributed by atoms with van der Waals surface area (Å²) in [4.78, 5) is 73.4. The fraction of sp³-hybridized carbons (Fsp3) is 0.556. The Hall–Kier alpha value is -7.98. The van der Waals surface area contributed by atoms with E-state index in [-0.39, 0.29) is 112 Å². The van der Waals surface area contributed by atoms with Crippen LogP contribution < -0.4 is 10.6 Å². The molecule has 3 unspecified atom stereocenters. The van der Waals surface area contributed by atoms with Crippen LogP contribution in [-0.2, 0) is 76.9 Å². The minimum absolute atomic E-state index is 0. The van der Waals surface area contributed by atoms with Gasteiger partial charge >= 0.3 is 36.9 Å². The van der Waals surface area contributed by atoms with E-state index in [0.717, 1.165) is 60.2 Å². The van der Waals surface area contributed by atoms with Gasteiger partial charge in [0.1, 0.15) is 11.2 Å². The Morgan fingerprint density at radius 2 is 0.816 bits per heavy atom. The minimum Gasteiger partial charge on any atom is -0.444 e. The van der Waals surface area contributed by atoms with Crippen LogP contribution in [0, 0.1) is 35.5 Å². The van der Waals surface area contributed by atoms with Crippen molar-refractivity contribution in [3.63, 3.8) is 0 Å². The summed E-state index contributed by atoms with van der Waals surface area (Å²) in [5.41, 5.74) is 4.89. The fourth-order valence-corrected chi connectivity index (χ4v) is 16.0. The summed E-state index contributed by atoms with van der Waals surface area (Å²) >= 11 is 0. The number of ether oxygens (including phenoxy) is 2. The number of rotatable bonds is 5. The molecule has 9 aliphatic rings. The maximum atomic E-state index is 13.5. The summed E-state index contributed by atoms with van der Waals surface area (Å²) in [7, 11) is 0. The molecule has 0 spiro atoms. The largest absolute Gasteiger partial charge is 0.444 e. The summed E-state index contributed by atoms with van der Waals surface area (Å²) < 4.78 is 130. The van der Waals surface area contributed by atoms with E-state index in [1.165, 1.54) is 35.2 Å². The van der Waals surface area contributed by atoms with E-state index >= 15 is 0 Å². The number of H-pyrrole nitrogens is 3. The highest BCUT2D eigenvalue weighted by Gasteiger charge is 2.49. The molecular formula is C72H91Cl2F9N12O8. The van der Waals surface area contributed by atoms with Crippen LogP contribution in [0.1, 0.15) is 201 Å². The summed E-state index contributed by atoms with van der Waals surface area (Å²) in [5.74, 6) is 1.53. The Kier molecular flexibility index (Phi) is 26.4. The van der Waals surface area contributed by atoms with Crippen molar-refractivity contribution in [2.45, 2.75) is 182 Å². The number of amides is 4. The maximum absolute atomic E-state index is 13.5. The summed E-state index contributed by atoms with van der Waals surface area (Å²) in [6, 6.07) is 17.8. The van der Waals surface area contributed by atoms with Crippen molar-refractivity contribution in [2.75, 3.05) is 39.3 Å². The van der Waals surface area contributed by atoms with E-state index in [1.54, 1.807) is 73.2 Å². The molecule has 4 amide bonds. The van der Waals surface area contributed by atoms with Gasteiger partial charge in [0.15, 0.2) is 11.4 Å². The molecule has 0 radical (unpaired) electrons. The number of fused-ring (bicyclic) bond motifs is 6. The third kappa shape index (κ3) is 18.9. The molecule has 0 bridgehead atoms. The van der Waals surface area contributed by atoms with E-state index in [0.29, 0.717) is 130 Å². The normalized spacial score (nSPS) is 23.2. The van der Waals surface area contributed by atoms with Crippen molar-refractivity contribution in [3.05, 3.63) is 158 Å². The molecule has 20 nitrogen and oxygen atoms in total. The number of carbonyl (C=O) groups excluding carboxylic acids is 6. The molecule has 6 aliphatic heterocycles. The van der Waals surface area contributed by atoms with Gasteiger partial charge in [0.25, 0.3) is 11.8 Å². The van der Waals surface area contributed by atoms with E-state index < -0.39 is 52.5 Å². The zero-order valence-corrected chi connectivity index (χ0v) is 58.2. The standard InChI is InChI=1S/C25H29F3N4O3.C20H21F3N4O.C14H16F3N.C10H15N3O2.CO2.2CH4.2ClH/c1-24(2,3)35-23(34)32-12-18-20(13-32)29-30-21(18)22(33)31-10-15-8-14(9-16(15)11-31)17-6-4-5-7-19(17)25(26,27)28;21-20(22,23)16-4-2-1-3-14(16)11-5-12-9-27(10-13(12)6-11)19(28)18-15-7-24-8-17(15)25-26-18;15-14(16,17)13-4-2-1-3-12(13)9-5-10-7-18-8-11(10)6-9;1-10(2,3)15-9(14)13-5-7-4-11-12-8(7)6-13;2-1-3;;;;/h4-7,14-16H,8-13H2,1-3H3,(H,29,30);1-4,11-13,24H,5-10H2,(H,25,26);1-4,9-11,18H,5-8H2;4H,5-6H2,1-3H3,(H,11,12);;2*1H4;2*1H/t14?,15-,16+;11?,12-,13+;9?,10-,11+;;;;;;. The fourth-order valence-electron chi connectivity index (χ4n) is 16.0. The second-order valence-electron chi connectivity index (χ2n) is 29.2. The van der Waals surface area contributed by atoms with Gasteiger partial charge in [0.05, 0.1) is 66.1 Å². The molecule has 9 atom stereocenters. The highest BCUT2D eigenvalue weighted by atomic mass is 35.5. The van der Waals surface area contributed by atoms with Crippen LogP contribution in [0.25, 0.3) is 0 Å². The maximum Gasteiger partial charge on any atom is 0.416 e. The first-order valence-corrected chi connectivity index (χ1v) is 33.3. The number of hydrogen-bond donors (Lipinski definition) is 5. The van der Waals surface area contributed by atoms with Crippen molar-refractivity contribution in [1.82, 2.24) is 60.8 Å². The lowest BCUT2D eigenvalue weighted by Gasteiger charge is -2.24. The SMILES string of the molecule is C.C.CC(C)(C)OC(=O)N1Cc2[nH]nc(C(=O)N3C[C@H]4CC(c5ccccc5C(F)(F)F)C[C@H]4C3)c2C1.CC(C)(C)OC(=O)N1Cc2cn[nH]c2C1.Cl.Cl.FC(F)(F)c1ccccc1C1C[C@H]2CNC[C@H]2C1.O=C(c1n[nH]c2c1CNC2)N1C[C@H]2CC(c3ccccc3C(F)(F)F)C[C@H]2C1.O=C=O. The minimum atomic E-state index is -4.37. The monoisotopic (exact) mass is 1490 g/mol. The van der Waals surface area contributed by atoms with Gasteiger partial charge in [-0.25, -0.2) is 9.59 Å². The molecule has 31 heteroatoms. The Labute approximate surface area is 604 Å². The Morgan fingerprint density at radius 3 is 1.20 bits per heavy atom. The van der Waals surface area contributed by atoms with Crippen LogP contribution in [0.2, 0.25) is 0 Å². The van der Waals surface area contributed by atoms with Crippen LogP contribution in [-0.4, -0.2) is 131 Å². The smallest absolute Gasteiger partial charge is 0.416 e. The molecule has 9 heterocycles. The van der Waals surface area contributed by atoms with Gasteiger partial charge in [-0.05, 0) is 181 Å². The number of likely N-dealkylation sites (tertiary alicyclic amines) is 2. The topological polar surface area (TPSA) is 244 Å². The zero-order chi connectivity index (χ0) is 71.1. The van der Waals surface area contributed by atoms with Crippen LogP contribution >= 0.6 is 24.8 Å². The predicted octanol–water partition coefficient (Wildman–Crippen LogP) is 14.9. The number of hydrogen-bond acceptors (Lipinski definition) is 13. The van der Waals surface area contributed by atoms with Crippen molar-refractivity contribution >= 4 is 55.0 Å². The lowest BCUT2D eigenvalue weighted by Crippen LogP contribution is -2.34. The molecule has 3 aromatic carbocycles. The van der Waals surface area contributed by atoms with Crippen LogP contribution in [0.4, 0.5) is 49.1 Å². The lowest BCUT2D eigenvalue weighted by molar-refractivity contribution is -0.191. The third-order valence-corrected chi connectivity index (χ3v) is 20.3. The van der Waals surface area contributed by atoms with Gasteiger partial charge in [-0.2, -0.15) is 64.4 Å². The van der Waals surface area contributed by atoms with Gasteiger partial charge in [-0.3, -0.25) is 34.7 Å². The number of nitrogens with one attached hydrogen (secondary N) is 5. The average molecular weight is 1490 g/mol. The molecule has 15 rings (SSSR count). The lowest BCUT2D eigenvalue weighted by atomic mass is 9.91. The highest BCUT2D eigenvalue weighted by molar-refractivity contribution is 5.95. The van der Waals surface area contributed by atoms with E-state index in [1.807, 2.05) is 25.7 Å². The Balaban J connectivity index is 0.000000196. The molecule has 3 saturated carbocycles. The Morgan fingerprint density at radius 1 is 0.456 bits per heavy atom. The Bertz CT molecular complexity index is 3890. The van der Waals surface area contributed by atoms with Gasteiger partial charge in [0, 0.05) is 56.0 Å². The third-order valence-electron chi connectivity index (χ3n) is 20.3. The molecule has 3 aromatic heterocycles. The molecular weight excluding hydrogens is 1400 g/mol. The van der Waals surface area contributed by atoms with Gasteiger partial charge in [0.2, 0.25) is 0 Å². The number of alkyl halides is 9. The van der Waals surface area contributed by atoms with Crippen LogP contribution in [0.5, 0.6) is 0 Å². The second-order valence-corrected chi connectivity index (χ2v) is 29.2. The van der Waals surface area contributed by atoms with Gasteiger partial charge in [-0.1, -0.05) is 69.5 Å². The summed E-state index contributed by atoms with van der Waals surface area (Å²) in [6.07, 6.45) is -7.20. The number of halogens is 11. The molecule has 103 heavy (non-hydrogen) atoms. The van der Waals surface area contributed by atoms with Crippen molar-refractivity contribution in [2.24, 2.45) is 35.5 Å². The molecule has 6 fully saturated rings. The average Bonchev–Trinajstić information content (AvgIpc) is 1.64. The molecule has 3 aliphatic carbocycles. The first-order chi connectivity index (χ1) is 46.7. The van der Waals surface area contributed by atoms with E-state index in [9.17, 15) is 58.7 Å². The quantitative estimate of drug-likeness (QED) is 0.101. The van der Waals surface area contributed by atoms with Gasteiger partial charge < -0.3 is 29.9 Å². The van der Waals surface area contributed by atoms with Gasteiger partial charge in [-0.15, -0.1) is 24.8 Å². The number of aromatic amines is 3. The van der Waals surface area contributed by atoms with E-state index in [4.69, 9.17) is 19.1 Å². The second kappa shape index (κ2) is 33.0. The highest BCUT2D eigenvalue weighted by Crippen LogP contribution is 2.52. The van der Waals surface area contributed by atoms with Crippen molar-refractivity contribution in [3.8, 4) is 0 Å². The molecule has 3 saturated heterocycles. The summed E-state index contributed by atoms with van der Waals surface area (Å²) in [5, 5.41) is 27.5. The number of benzene rings is 3. The molecule has 564 valence electrons. The summed E-state index contributed by atoms with van der Waals surface area (Å²) in [6.45, 7) is 18.2. The van der Waals surface area contributed by atoms with Crippen LogP contribution in [0.15, 0.2) is 79.0 Å². The number of carbonyl (C=O) groups is 4. The predicted molar refractivity (Wildman–Crippen MR) is 366 cm³/mol. The first kappa shape index (κ1) is 82.3.